The zero-order valence-electron chi connectivity index (χ0n) is 13.5. The second-order valence-corrected chi connectivity index (χ2v) is 7.87. The van der Waals surface area contributed by atoms with Crippen LogP contribution in [0, 0.1) is 11.8 Å². The summed E-state index contributed by atoms with van der Waals surface area (Å²) in [6.07, 6.45) is 6.52. The number of nitrogens with zero attached hydrogens (tertiary/aromatic N) is 1. The summed E-state index contributed by atoms with van der Waals surface area (Å²) < 4.78 is 0. The number of aromatic nitrogens is 1. The number of aryl methyl sites for hydroxylation is 1. The van der Waals surface area contributed by atoms with Crippen molar-refractivity contribution in [2.45, 2.75) is 72.3 Å². The molecule has 1 fully saturated rings. The zero-order valence-corrected chi connectivity index (χ0v) is 14.4. The van der Waals surface area contributed by atoms with Gasteiger partial charge in [-0.05, 0) is 37.6 Å². The summed E-state index contributed by atoms with van der Waals surface area (Å²) in [6, 6.07) is 0. The fourth-order valence-corrected chi connectivity index (χ4v) is 4.27. The monoisotopic (exact) mass is 294 g/mol. The molecule has 20 heavy (non-hydrogen) atoms. The SMILES string of the molecule is CCc1nc(C2CCC(C)CC2)sc1CNCC(C)C. The third-order valence-corrected chi connectivity index (χ3v) is 5.59. The molecule has 114 valence electrons. The predicted octanol–water partition coefficient (Wildman–Crippen LogP) is 4.74. The van der Waals surface area contributed by atoms with Crippen LogP contribution < -0.4 is 5.32 Å². The van der Waals surface area contributed by atoms with Gasteiger partial charge in [0.2, 0.25) is 0 Å². The summed E-state index contributed by atoms with van der Waals surface area (Å²) >= 11 is 1.97. The molecule has 1 aromatic rings. The Hall–Kier alpha value is -0.410. The molecular formula is C17H30N2S. The highest BCUT2D eigenvalue weighted by molar-refractivity contribution is 7.11. The van der Waals surface area contributed by atoms with Gasteiger partial charge >= 0.3 is 0 Å². The Kier molecular flexibility index (Phi) is 6.03. The minimum Gasteiger partial charge on any atom is -0.312 e. The highest BCUT2D eigenvalue weighted by Crippen LogP contribution is 2.38. The van der Waals surface area contributed by atoms with Gasteiger partial charge < -0.3 is 5.32 Å². The number of nitrogens with one attached hydrogen (secondary N) is 1. The molecule has 0 aromatic carbocycles. The average molecular weight is 295 g/mol. The molecule has 0 atom stereocenters. The normalized spacial score (nSPS) is 23.4. The number of hydrogen-bond donors (Lipinski definition) is 1. The summed E-state index contributed by atoms with van der Waals surface area (Å²) in [7, 11) is 0. The van der Waals surface area contributed by atoms with Gasteiger partial charge in [0, 0.05) is 17.3 Å². The molecule has 3 heteroatoms. The minimum atomic E-state index is 0.715. The van der Waals surface area contributed by atoms with Crippen LogP contribution in [0.2, 0.25) is 0 Å². The van der Waals surface area contributed by atoms with Crippen molar-refractivity contribution in [3.05, 3.63) is 15.6 Å². The maximum Gasteiger partial charge on any atom is 0.0962 e. The van der Waals surface area contributed by atoms with Crippen LogP contribution in [0.1, 0.15) is 74.9 Å². The molecule has 1 aliphatic rings. The maximum atomic E-state index is 4.95. The van der Waals surface area contributed by atoms with Gasteiger partial charge in [-0.3, -0.25) is 0 Å². The van der Waals surface area contributed by atoms with Crippen molar-refractivity contribution in [3.63, 3.8) is 0 Å². The zero-order chi connectivity index (χ0) is 14.5. The Labute approximate surface area is 128 Å². The van der Waals surface area contributed by atoms with E-state index in [-0.39, 0.29) is 0 Å². The largest absolute Gasteiger partial charge is 0.312 e. The Morgan fingerprint density at radius 1 is 1.25 bits per heavy atom. The summed E-state index contributed by atoms with van der Waals surface area (Å²) in [6.45, 7) is 11.2. The molecule has 1 aromatic heterocycles. The fourth-order valence-electron chi connectivity index (χ4n) is 2.97. The first-order valence-corrected chi connectivity index (χ1v) is 9.11. The Morgan fingerprint density at radius 2 is 1.95 bits per heavy atom. The molecular weight excluding hydrogens is 264 g/mol. The molecule has 0 saturated heterocycles. The van der Waals surface area contributed by atoms with Gasteiger partial charge in [0.15, 0.2) is 0 Å². The second-order valence-electron chi connectivity index (χ2n) is 6.76. The smallest absolute Gasteiger partial charge is 0.0962 e. The molecule has 1 aliphatic carbocycles. The molecule has 0 aliphatic heterocycles. The second kappa shape index (κ2) is 7.56. The standard InChI is InChI=1S/C17H30N2S/c1-5-15-16(11-18-10-12(2)3)20-17(19-15)14-8-6-13(4)7-9-14/h12-14,18H,5-11H2,1-4H3. The number of thiazole rings is 1. The van der Waals surface area contributed by atoms with E-state index in [1.54, 1.807) is 0 Å². The van der Waals surface area contributed by atoms with Crippen LogP contribution in [0.4, 0.5) is 0 Å². The summed E-state index contributed by atoms with van der Waals surface area (Å²) in [5.74, 6) is 2.37. The van der Waals surface area contributed by atoms with Crippen molar-refractivity contribution in [1.29, 1.82) is 0 Å². The van der Waals surface area contributed by atoms with Gasteiger partial charge in [-0.15, -0.1) is 11.3 Å². The molecule has 2 nitrogen and oxygen atoms in total. The van der Waals surface area contributed by atoms with Crippen molar-refractivity contribution in [3.8, 4) is 0 Å². The maximum absolute atomic E-state index is 4.95. The topological polar surface area (TPSA) is 24.9 Å². The van der Waals surface area contributed by atoms with E-state index in [0.29, 0.717) is 5.92 Å². The van der Waals surface area contributed by atoms with Crippen LogP contribution in [0.25, 0.3) is 0 Å². The lowest BCUT2D eigenvalue weighted by atomic mass is 9.83. The van der Waals surface area contributed by atoms with E-state index in [1.165, 1.54) is 41.3 Å². The molecule has 0 amide bonds. The van der Waals surface area contributed by atoms with Crippen molar-refractivity contribution >= 4 is 11.3 Å². The highest BCUT2D eigenvalue weighted by Gasteiger charge is 2.23. The van der Waals surface area contributed by atoms with Crippen LogP contribution in [0.5, 0.6) is 0 Å². The van der Waals surface area contributed by atoms with Crippen LogP contribution in [0.3, 0.4) is 0 Å². The molecule has 0 bridgehead atoms. The predicted molar refractivity (Wildman–Crippen MR) is 88.4 cm³/mol. The third-order valence-electron chi connectivity index (χ3n) is 4.33. The Bertz CT molecular complexity index is 403. The lowest BCUT2D eigenvalue weighted by molar-refractivity contribution is 0.347. The van der Waals surface area contributed by atoms with E-state index in [2.05, 4.69) is 33.0 Å². The van der Waals surface area contributed by atoms with Crippen molar-refractivity contribution < 1.29 is 0 Å². The van der Waals surface area contributed by atoms with Crippen LogP contribution >= 0.6 is 11.3 Å². The summed E-state index contributed by atoms with van der Waals surface area (Å²) in [5, 5.41) is 4.98. The lowest BCUT2D eigenvalue weighted by Crippen LogP contribution is -2.18. The molecule has 1 N–H and O–H groups in total. The van der Waals surface area contributed by atoms with E-state index in [4.69, 9.17) is 4.98 Å². The molecule has 0 spiro atoms. The first-order valence-electron chi connectivity index (χ1n) is 8.29. The molecule has 0 unspecified atom stereocenters. The van der Waals surface area contributed by atoms with Gasteiger partial charge in [0.05, 0.1) is 10.7 Å². The Morgan fingerprint density at radius 3 is 2.55 bits per heavy atom. The first kappa shape index (κ1) is 16.0. The quantitative estimate of drug-likeness (QED) is 0.819. The van der Waals surface area contributed by atoms with E-state index >= 15 is 0 Å². The lowest BCUT2D eigenvalue weighted by Gasteiger charge is -2.24. The van der Waals surface area contributed by atoms with Crippen LogP contribution in [0.15, 0.2) is 0 Å². The van der Waals surface area contributed by atoms with E-state index in [9.17, 15) is 0 Å². The minimum absolute atomic E-state index is 0.715. The van der Waals surface area contributed by atoms with E-state index in [0.717, 1.165) is 31.3 Å². The molecule has 1 saturated carbocycles. The van der Waals surface area contributed by atoms with E-state index in [1.807, 2.05) is 11.3 Å². The number of rotatable bonds is 6. The van der Waals surface area contributed by atoms with Gasteiger partial charge in [-0.1, -0.05) is 40.5 Å². The average Bonchev–Trinajstić information content (AvgIpc) is 2.82. The third kappa shape index (κ3) is 4.29. The van der Waals surface area contributed by atoms with Gasteiger partial charge in [0.1, 0.15) is 0 Å². The van der Waals surface area contributed by atoms with Gasteiger partial charge in [-0.2, -0.15) is 0 Å². The number of hydrogen-bond acceptors (Lipinski definition) is 3. The van der Waals surface area contributed by atoms with Crippen LogP contribution in [-0.2, 0) is 13.0 Å². The van der Waals surface area contributed by atoms with Crippen LogP contribution in [-0.4, -0.2) is 11.5 Å². The Balaban J connectivity index is 1.98. The summed E-state index contributed by atoms with van der Waals surface area (Å²) in [4.78, 5) is 6.43. The van der Waals surface area contributed by atoms with Crippen molar-refractivity contribution in [1.82, 2.24) is 10.3 Å². The van der Waals surface area contributed by atoms with Gasteiger partial charge in [0.25, 0.3) is 0 Å². The first-order chi connectivity index (χ1) is 9.60. The molecule has 1 heterocycles. The fraction of sp³-hybridized carbons (Fsp3) is 0.824. The summed E-state index contributed by atoms with van der Waals surface area (Å²) in [5.41, 5.74) is 1.33. The highest BCUT2D eigenvalue weighted by atomic mass is 32.1. The molecule has 0 radical (unpaired) electrons. The van der Waals surface area contributed by atoms with E-state index < -0.39 is 0 Å². The van der Waals surface area contributed by atoms with Crippen molar-refractivity contribution in [2.24, 2.45) is 11.8 Å². The van der Waals surface area contributed by atoms with Crippen molar-refractivity contribution in [2.75, 3.05) is 6.54 Å². The van der Waals surface area contributed by atoms with Gasteiger partial charge in [-0.25, -0.2) is 4.98 Å². The molecule has 2 rings (SSSR count).